The second-order valence-corrected chi connectivity index (χ2v) is 9.88. The summed E-state index contributed by atoms with van der Waals surface area (Å²) in [5.41, 5.74) is 10.2. The van der Waals surface area contributed by atoms with Crippen molar-refractivity contribution in [2.24, 2.45) is 0 Å². The van der Waals surface area contributed by atoms with Crippen LogP contribution < -0.4 is 0 Å². The zero-order valence-electron chi connectivity index (χ0n) is 22.7. The molecule has 0 unspecified atom stereocenters. The second kappa shape index (κ2) is 9.07. The molecule has 5 nitrogen and oxygen atoms in total. The summed E-state index contributed by atoms with van der Waals surface area (Å²) in [5, 5.41) is 4.44. The predicted molar refractivity (Wildman–Crippen MR) is 169 cm³/mol. The molecule has 0 aliphatic heterocycles. The normalized spacial score (nSPS) is 11.7. The van der Waals surface area contributed by atoms with Crippen LogP contribution in [-0.4, -0.2) is 19.1 Å². The zero-order valence-corrected chi connectivity index (χ0v) is 22.7. The third-order valence-corrected chi connectivity index (χ3v) is 7.81. The van der Waals surface area contributed by atoms with E-state index in [9.17, 15) is 0 Å². The lowest BCUT2D eigenvalue weighted by atomic mass is 10.1. The zero-order chi connectivity index (χ0) is 27.5. The van der Waals surface area contributed by atoms with E-state index in [1.165, 1.54) is 0 Å². The van der Waals surface area contributed by atoms with Crippen LogP contribution in [0.25, 0.3) is 77.2 Å². The molecule has 0 bridgehead atoms. The van der Waals surface area contributed by atoms with Crippen molar-refractivity contribution in [3.8, 4) is 11.4 Å². The molecule has 0 fully saturated rings. The standard InChI is InChI=1S/C34H20N4O.C2H6/c1-3-11-26-23(8-1)32-28(14-6-18-35-32)37(26)21-16-17-31-25(20-21)22-10-5-13-30(34(22)39-31)38-27-12-4-2-9-24(27)33-29(38)15-7-19-36-33;1-2/h1-20H;1-2H3. The first-order valence-electron chi connectivity index (χ1n) is 14.0. The van der Waals surface area contributed by atoms with Gasteiger partial charge in [0.25, 0.3) is 0 Å². The molecule has 196 valence electrons. The molecule has 0 atom stereocenters. The van der Waals surface area contributed by atoms with Gasteiger partial charge in [-0.2, -0.15) is 0 Å². The summed E-state index contributed by atoms with van der Waals surface area (Å²) in [7, 11) is 0. The Morgan fingerprint density at radius 2 is 1.10 bits per heavy atom. The Labute approximate surface area is 235 Å². The van der Waals surface area contributed by atoms with E-state index in [1.54, 1.807) is 0 Å². The van der Waals surface area contributed by atoms with Crippen molar-refractivity contribution in [2.45, 2.75) is 13.8 Å². The van der Waals surface area contributed by atoms with Gasteiger partial charge in [0.1, 0.15) is 5.58 Å². The number of fused-ring (bicyclic) bond motifs is 9. The van der Waals surface area contributed by atoms with Gasteiger partial charge in [-0.1, -0.05) is 62.4 Å². The fourth-order valence-electron chi connectivity index (χ4n) is 6.19. The second-order valence-electron chi connectivity index (χ2n) is 9.88. The van der Waals surface area contributed by atoms with Crippen LogP contribution in [0.5, 0.6) is 0 Å². The highest BCUT2D eigenvalue weighted by atomic mass is 16.3. The third kappa shape index (κ3) is 3.29. The summed E-state index contributed by atoms with van der Waals surface area (Å²) in [4.78, 5) is 9.41. The number of hydrogen-bond donors (Lipinski definition) is 0. The first-order chi connectivity index (χ1) is 20.4. The molecule has 0 saturated heterocycles. The number of hydrogen-bond acceptors (Lipinski definition) is 3. The van der Waals surface area contributed by atoms with Crippen LogP contribution in [0, 0.1) is 0 Å². The summed E-state index contributed by atoms with van der Waals surface area (Å²) in [6.07, 6.45) is 3.71. The maximum atomic E-state index is 6.59. The van der Waals surface area contributed by atoms with Gasteiger partial charge in [0.15, 0.2) is 5.58 Å². The lowest BCUT2D eigenvalue weighted by Crippen LogP contribution is -1.94. The molecule has 5 heteroatoms. The molecular formula is C36H26N4O. The number of furan rings is 1. The van der Waals surface area contributed by atoms with Gasteiger partial charge < -0.3 is 13.6 Å². The molecule has 0 spiro atoms. The highest BCUT2D eigenvalue weighted by Crippen LogP contribution is 2.39. The van der Waals surface area contributed by atoms with Crippen LogP contribution in [-0.2, 0) is 0 Å². The summed E-state index contributed by atoms with van der Waals surface area (Å²) >= 11 is 0. The monoisotopic (exact) mass is 530 g/mol. The van der Waals surface area contributed by atoms with Crippen molar-refractivity contribution >= 4 is 65.8 Å². The van der Waals surface area contributed by atoms with Crippen LogP contribution in [0.15, 0.2) is 126 Å². The van der Waals surface area contributed by atoms with Gasteiger partial charge in [0, 0.05) is 39.6 Å². The minimum absolute atomic E-state index is 0.860. The van der Waals surface area contributed by atoms with Crippen molar-refractivity contribution in [1.82, 2.24) is 19.1 Å². The Hall–Kier alpha value is -5.42. The van der Waals surface area contributed by atoms with Crippen molar-refractivity contribution < 1.29 is 4.42 Å². The molecule has 0 saturated carbocycles. The predicted octanol–water partition coefficient (Wildman–Crippen LogP) is 9.60. The highest BCUT2D eigenvalue weighted by Gasteiger charge is 2.19. The van der Waals surface area contributed by atoms with Crippen LogP contribution in [0.2, 0.25) is 0 Å². The summed E-state index contributed by atoms with van der Waals surface area (Å²) in [6, 6.07) is 37.9. The SMILES string of the molecule is CC.c1cc(-n2c3ccccc3c3ncccc32)c2oc3ccc(-n4c5ccccc5c5ncccc54)cc3c2c1. The van der Waals surface area contributed by atoms with E-state index in [2.05, 4.69) is 106 Å². The molecule has 5 aromatic heterocycles. The topological polar surface area (TPSA) is 48.8 Å². The minimum Gasteiger partial charge on any atom is -0.454 e. The molecule has 9 rings (SSSR count). The minimum atomic E-state index is 0.860. The van der Waals surface area contributed by atoms with Gasteiger partial charge in [-0.15, -0.1) is 0 Å². The van der Waals surface area contributed by atoms with Crippen LogP contribution in [0.3, 0.4) is 0 Å². The lowest BCUT2D eigenvalue weighted by molar-refractivity contribution is 0.666. The Balaban J connectivity index is 0.00000125. The van der Waals surface area contributed by atoms with E-state index >= 15 is 0 Å². The number of rotatable bonds is 2. The molecule has 5 heterocycles. The molecule has 9 aromatic rings. The van der Waals surface area contributed by atoms with E-state index in [-0.39, 0.29) is 0 Å². The van der Waals surface area contributed by atoms with E-state index < -0.39 is 0 Å². The third-order valence-electron chi connectivity index (χ3n) is 7.81. The van der Waals surface area contributed by atoms with Crippen molar-refractivity contribution in [2.75, 3.05) is 0 Å². The molecule has 41 heavy (non-hydrogen) atoms. The maximum Gasteiger partial charge on any atom is 0.159 e. The average Bonchev–Trinajstić information content (AvgIpc) is 3.70. The Kier molecular flexibility index (Phi) is 5.19. The molecular weight excluding hydrogens is 504 g/mol. The molecule has 0 aliphatic rings. The smallest absolute Gasteiger partial charge is 0.159 e. The Morgan fingerprint density at radius 1 is 0.512 bits per heavy atom. The first-order valence-corrected chi connectivity index (χ1v) is 14.0. The van der Waals surface area contributed by atoms with Gasteiger partial charge in [-0.3, -0.25) is 9.97 Å². The van der Waals surface area contributed by atoms with Gasteiger partial charge in [-0.25, -0.2) is 0 Å². The fraction of sp³-hybridized carbons (Fsp3) is 0.0556. The van der Waals surface area contributed by atoms with Gasteiger partial charge in [-0.05, 0) is 60.7 Å². The summed E-state index contributed by atoms with van der Waals surface area (Å²) in [6.45, 7) is 4.00. The van der Waals surface area contributed by atoms with Crippen molar-refractivity contribution in [3.05, 3.63) is 122 Å². The van der Waals surface area contributed by atoms with E-state index in [0.29, 0.717) is 0 Å². The summed E-state index contributed by atoms with van der Waals surface area (Å²) < 4.78 is 11.1. The summed E-state index contributed by atoms with van der Waals surface area (Å²) in [5.74, 6) is 0. The number of benzene rings is 4. The fourth-order valence-corrected chi connectivity index (χ4v) is 6.19. The molecule has 0 aliphatic carbocycles. The van der Waals surface area contributed by atoms with Crippen molar-refractivity contribution in [1.29, 1.82) is 0 Å². The van der Waals surface area contributed by atoms with Gasteiger partial charge in [0.2, 0.25) is 0 Å². The van der Waals surface area contributed by atoms with E-state index in [1.807, 2.05) is 38.4 Å². The number of pyridine rings is 2. The lowest BCUT2D eigenvalue weighted by Gasteiger charge is -2.08. The molecule has 0 amide bonds. The Bertz CT molecular complexity index is 2300. The van der Waals surface area contributed by atoms with Crippen LogP contribution in [0.1, 0.15) is 13.8 Å². The number of aromatic nitrogens is 4. The molecule has 0 radical (unpaired) electrons. The quantitative estimate of drug-likeness (QED) is 0.224. The van der Waals surface area contributed by atoms with E-state index in [0.717, 1.165) is 77.2 Å². The average molecular weight is 531 g/mol. The molecule has 4 aromatic carbocycles. The molecule has 0 N–H and O–H groups in total. The Morgan fingerprint density at radius 3 is 1.80 bits per heavy atom. The maximum absolute atomic E-state index is 6.59. The number of nitrogens with zero attached hydrogens (tertiary/aromatic N) is 4. The van der Waals surface area contributed by atoms with Gasteiger partial charge >= 0.3 is 0 Å². The highest BCUT2D eigenvalue weighted by molar-refractivity contribution is 6.12. The number of para-hydroxylation sites is 3. The first kappa shape index (κ1) is 23.5. The van der Waals surface area contributed by atoms with Crippen molar-refractivity contribution in [3.63, 3.8) is 0 Å². The van der Waals surface area contributed by atoms with Gasteiger partial charge in [0.05, 0.1) is 38.8 Å². The van der Waals surface area contributed by atoms with E-state index in [4.69, 9.17) is 14.4 Å². The largest absolute Gasteiger partial charge is 0.454 e. The van der Waals surface area contributed by atoms with Crippen LogP contribution in [0.4, 0.5) is 0 Å². The van der Waals surface area contributed by atoms with Crippen LogP contribution >= 0.6 is 0 Å².